The summed E-state index contributed by atoms with van der Waals surface area (Å²) < 4.78 is 11.4. The number of fused-ring (bicyclic) bond motifs is 2. The van der Waals surface area contributed by atoms with Gasteiger partial charge in [0.15, 0.2) is 11.5 Å². The third kappa shape index (κ3) is 4.06. The summed E-state index contributed by atoms with van der Waals surface area (Å²) in [4.78, 5) is 28.6. The van der Waals surface area contributed by atoms with Gasteiger partial charge in [-0.1, -0.05) is 36.4 Å². The van der Waals surface area contributed by atoms with Crippen LogP contribution in [0.15, 0.2) is 59.4 Å². The number of rotatable bonds is 5. The fourth-order valence-electron chi connectivity index (χ4n) is 4.30. The number of ether oxygens (including phenoxy) is 2. The van der Waals surface area contributed by atoms with Crippen molar-refractivity contribution in [3.05, 3.63) is 92.9 Å². The molecule has 3 aromatic rings. The molecule has 0 fully saturated rings. The Morgan fingerprint density at radius 2 is 1.81 bits per heavy atom. The van der Waals surface area contributed by atoms with E-state index in [9.17, 15) is 9.59 Å². The number of nitrogens with one attached hydrogen (secondary N) is 2. The van der Waals surface area contributed by atoms with Crippen molar-refractivity contribution in [1.82, 2.24) is 10.3 Å². The van der Waals surface area contributed by atoms with Crippen LogP contribution >= 0.6 is 0 Å². The maximum atomic E-state index is 13.1. The summed E-state index contributed by atoms with van der Waals surface area (Å²) in [5.41, 5.74) is 3.83. The highest BCUT2D eigenvalue weighted by Gasteiger charge is 2.23. The maximum absolute atomic E-state index is 13.1. The molecular formula is C25H24N2O4. The minimum atomic E-state index is -0.369. The van der Waals surface area contributed by atoms with E-state index in [2.05, 4.69) is 10.3 Å². The van der Waals surface area contributed by atoms with Crippen molar-refractivity contribution < 1.29 is 14.3 Å². The molecular weight excluding hydrogens is 392 g/mol. The molecule has 1 aliphatic heterocycles. The highest BCUT2D eigenvalue weighted by Crippen LogP contribution is 2.33. The Morgan fingerprint density at radius 3 is 2.65 bits per heavy atom. The molecule has 0 unspecified atom stereocenters. The molecule has 6 heteroatoms. The van der Waals surface area contributed by atoms with Crippen molar-refractivity contribution in [2.24, 2.45) is 0 Å². The van der Waals surface area contributed by atoms with E-state index in [4.69, 9.17) is 9.47 Å². The molecule has 31 heavy (non-hydrogen) atoms. The lowest BCUT2D eigenvalue weighted by Crippen LogP contribution is -2.34. The Labute approximate surface area is 180 Å². The highest BCUT2D eigenvalue weighted by molar-refractivity contribution is 5.94. The molecule has 2 aromatic carbocycles. The second-order valence-electron chi connectivity index (χ2n) is 7.99. The monoisotopic (exact) mass is 416 g/mol. The zero-order chi connectivity index (χ0) is 21.2. The van der Waals surface area contributed by atoms with Crippen molar-refractivity contribution >= 4 is 5.91 Å². The molecule has 1 atom stereocenters. The predicted octanol–water partition coefficient (Wildman–Crippen LogP) is 3.35. The molecule has 1 aromatic heterocycles. The van der Waals surface area contributed by atoms with Gasteiger partial charge in [0.05, 0.1) is 6.04 Å². The number of benzene rings is 2. The van der Waals surface area contributed by atoms with Gasteiger partial charge < -0.3 is 19.8 Å². The number of aromatic nitrogens is 1. The number of amides is 1. The summed E-state index contributed by atoms with van der Waals surface area (Å²) in [7, 11) is 0. The van der Waals surface area contributed by atoms with E-state index >= 15 is 0 Å². The number of H-pyrrole nitrogens is 1. The predicted molar refractivity (Wildman–Crippen MR) is 117 cm³/mol. The third-order valence-corrected chi connectivity index (χ3v) is 5.89. The topological polar surface area (TPSA) is 80.4 Å². The van der Waals surface area contributed by atoms with E-state index in [-0.39, 0.29) is 23.1 Å². The standard InChI is InChI=1S/C25H24N2O4/c28-24-19(14-17-7-4-8-20(17)26-24)25(29)27-21(13-16-5-2-1-3-6-16)18-9-10-22-23(15-18)31-12-11-30-22/h1-3,5-6,9-10,14-15,21H,4,7-8,11-13H2,(H,26,28)(H,27,29)/t21-/m0/s1. The van der Waals surface area contributed by atoms with Gasteiger partial charge in [0.25, 0.3) is 11.5 Å². The lowest BCUT2D eigenvalue weighted by atomic mass is 9.97. The largest absolute Gasteiger partial charge is 0.486 e. The van der Waals surface area contributed by atoms with Gasteiger partial charge in [-0.25, -0.2) is 0 Å². The minimum absolute atomic E-state index is 0.163. The van der Waals surface area contributed by atoms with Gasteiger partial charge in [-0.3, -0.25) is 9.59 Å². The quantitative estimate of drug-likeness (QED) is 0.669. The molecule has 1 aliphatic carbocycles. The SMILES string of the molecule is O=C(N[C@@H](Cc1ccccc1)c1ccc2c(c1)OCCO2)c1cc2c([nH]c1=O)CCC2. The van der Waals surface area contributed by atoms with E-state index < -0.39 is 0 Å². The fourth-order valence-corrected chi connectivity index (χ4v) is 4.30. The van der Waals surface area contributed by atoms with Crippen LogP contribution in [0.3, 0.4) is 0 Å². The molecule has 0 bridgehead atoms. The molecule has 158 valence electrons. The lowest BCUT2D eigenvalue weighted by molar-refractivity contribution is 0.0934. The first-order chi connectivity index (χ1) is 15.2. The Hall–Kier alpha value is -3.54. The van der Waals surface area contributed by atoms with Gasteiger partial charge in [-0.2, -0.15) is 0 Å². The van der Waals surface area contributed by atoms with Gasteiger partial charge in [-0.05, 0) is 60.6 Å². The summed E-state index contributed by atoms with van der Waals surface area (Å²) in [6, 6.07) is 17.1. The zero-order valence-electron chi connectivity index (χ0n) is 17.1. The van der Waals surface area contributed by atoms with E-state index in [1.807, 2.05) is 48.5 Å². The van der Waals surface area contributed by atoms with Crippen molar-refractivity contribution in [2.75, 3.05) is 13.2 Å². The Morgan fingerprint density at radius 1 is 1.00 bits per heavy atom. The molecule has 0 spiro atoms. The number of carbonyl (C=O) groups excluding carboxylic acids is 1. The van der Waals surface area contributed by atoms with E-state index in [0.717, 1.165) is 41.6 Å². The number of carbonyl (C=O) groups is 1. The van der Waals surface area contributed by atoms with E-state index in [0.29, 0.717) is 31.1 Å². The molecule has 0 saturated heterocycles. The molecule has 0 saturated carbocycles. The first-order valence-corrected chi connectivity index (χ1v) is 10.7. The molecule has 2 aliphatic rings. The number of hydrogen-bond donors (Lipinski definition) is 2. The number of pyridine rings is 1. The summed E-state index contributed by atoms with van der Waals surface area (Å²) in [5, 5.41) is 3.08. The minimum Gasteiger partial charge on any atom is -0.486 e. The summed E-state index contributed by atoms with van der Waals surface area (Å²) in [6.45, 7) is 1.02. The second kappa shape index (κ2) is 8.30. The van der Waals surface area contributed by atoms with Crippen LogP contribution in [0.2, 0.25) is 0 Å². The van der Waals surface area contributed by atoms with Gasteiger partial charge in [0.1, 0.15) is 18.8 Å². The van der Waals surface area contributed by atoms with Crippen molar-refractivity contribution in [3.63, 3.8) is 0 Å². The molecule has 2 heterocycles. The Bertz CT molecular complexity index is 1170. The Balaban J connectivity index is 1.46. The van der Waals surface area contributed by atoms with Crippen LogP contribution in [0, 0.1) is 0 Å². The number of aromatic amines is 1. The third-order valence-electron chi connectivity index (χ3n) is 5.89. The van der Waals surface area contributed by atoms with Gasteiger partial charge in [0.2, 0.25) is 0 Å². The zero-order valence-corrected chi connectivity index (χ0v) is 17.1. The van der Waals surface area contributed by atoms with Crippen LogP contribution < -0.4 is 20.3 Å². The van der Waals surface area contributed by atoms with Crippen LogP contribution in [0.1, 0.15) is 45.2 Å². The Kier molecular flexibility index (Phi) is 5.20. The van der Waals surface area contributed by atoms with E-state index in [1.54, 1.807) is 6.07 Å². The fraction of sp³-hybridized carbons (Fsp3) is 0.280. The average molecular weight is 416 g/mol. The molecule has 1 amide bonds. The molecule has 2 N–H and O–H groups in total. The van der Waals surface area contributed by atoms with Crippen LogP contribution in [0.4, 0.5) is 0 Å². The maximum Gasteiger partial charge on any atom is 0.261 e. The van der Waals surface area contributed by atoms with Crippen LogP contribution in [0.25, 0.3) is 0 Å². The van der Waals surface area contributed by atoms with Gasteiger partial charge in [-0.15, -0.1) is 0 Å². The second-order valence-corrected chi connectivity index (χ2v) is 7.99. The van der Waals surface area contributed by atoms with Crippen molar-refractivity contribution in [1.29, 1.82) is 0 Å². The van der Waals surface area contributed by atoms with Crippen LogP contribution in [0.5, 0.6) is 11.5 Å². The van der Waals surface area contributed by atoms with Crippen molar-refractivity contribution in [3.8, 4) is 11.5 Å². The molecule has 5 rings (SSSR count). The number of aryl methyl sites for hydroxylation is 2. The van der Waals surface area contributed by atoms with E-state index in [1.165, 1.54) is 0 Å². The first-order valence-electron chi connectivity index (χ1n) is 10.7. The van der Waals surface area contributed by atoms with Crippen LogP contribution in [-0.4, -0.2) is 24.1 Å². The summed E-state index contributed by atoms with van der Waals surface area (Å²) >= 11 is 0. The van der Waals surface area contributed by atoms with Gasteiger partial charge >= 0.3 is 0 Å². The normalized spacial score (nSPS) is 15.2. The smallest absolute Gasteiger partial charge is 0.261 e. The molecule has 6 nitrogen and oxygen atoms in total. The average Bonchev–Trinajstić information content (AvgIpc) is 3.25. The highest BCUT2D eigenvalue weighted by atomic mass is 16.6. The molecule has 0 radical (unpaired) electrons. The van der Waals surface area contributed by atoms with Crippen molar-refractivity contribution in [2.45, 2.75) is 31.7 Å². The van der Waals surface area contributed by atoms with Crippen LogP contribution in [-0.2, 0) is 19.3 Å². The first kappa shape index (κ1) is 19.4. The lowest BCUT2D eigenvalue weighted by Gasteiger charge is -2.23. The number of hydrogen-bond acceptors (Lipinski definition) is 4. The summed E-state index contributed by atoms with van der Waals surface area (Å²) in [5.74, 6) is 1.01. The summed E-state index contributed by atoms with van der Waals surface area (Å²) in [6.07, 6.45) is 3.35. The van der Waals surface area contributed by atoms with Gasteiger partial charge in [0, 0.05) is 5.69 Å².